The Hall–Kier alpha value is -0.830. The number of hydrogen-bond acceptors (Lipinski definition) is 2. The van der Waals surface area contributed by atoms with Crippen molar-refractivity contribution in [2.75, 3.05) is 0 Å². The summed E-state index contributed by atoms with van der Waals surface area (Å²) >= 11 is 0. The Morgan fingerprint density at radius 1 is 1.78 bits per heavy atom. The lowest BCUT2D eigenvalue weighted by atomic mass is 10.0. The lowest BCUT2D eigenvalue weighted by Gasteiger charge is -2.12. The van der Waals surface area contributed by atoms with E-state index in [-0.39, 0.29) is 0 Å². The maximum atomic E-state index is 10.2. The van der Waals surface area contributed by atoms with Crippen LogP contribution < -0.4 is 5.73 Å². The van der Waals surface area contributed by atoms with Crippen LogP contribution in [0, 0.1) is 0 Å². The third-order valence-corrected chi connectivity index (χ3v) is 0.974. The van der Waals surface area contributed by atoms with Crippen LogP contribution in [0.15, 0.2) is 12.2 Å². The van der Waals surface area contributed by atoms with Gasteiger partial charge in [0.05, 0.1) is 0 Å². The molecule has 0 saturated carbocycles. The Bertz CT molecular complexity index is 138. The molecule has 0 aromatic rings. The maximum Gasteiger partial charge on any atom is 0.327 e. The molecule has 0 saturated heterocycles. The minimum atomic E-state index is -1.21. The first-order chi connectivity index (χ1) is 4.00. The van der Waals surface area contributed by atoms with Gasteiger partial charge in [-0.2, -0.15) is 0 Å². The average molecular weight is 129 g/mol. The molecule has 0 aliphatic heterocycles. The van der Waals surface area contributed by atoms with Crippen LogP contribution in [0.1, 0.15) is 13.8 Å². The number of carboxylic acids is 1. The topological polar surface area (TPSA) is 63.3 Å². The number of rotatable bonds is 2. The largest absolute Gasteiger partial charge is 0.480 e. The summed E-state index contributed by atoms with van der Waals surface area (Å²) < 4.78 is 0. The molecule has 1 unspecified atom stereocenters. The minimum Gasteiger partial charge on any atom is -0.480 e. The van der Waals surface area contributed by atoms with Crippen molar-refractivity contribution < 1.29 is 9.90 Å². The van der Waals surface area contributed by atoms with E-state index in [9.17, 15) is 4.79 Å². The molecule has 0 radical (unpaired) electrons. The predicted octanol–water partition coefficient (Wildman–Crippen LogP) is 0.365. The van der Waals surface area contributed by atoms with Crippen LogP contribution in [0.2, 0.25) is 0 Å². The van der Waals surface area contributed by atoms with Crippen molar-refractivity contribution in [3.05, 3.63) is 12.2 Å². The van der Waals surface area contributed by atoms with Gasteiger partial charge in [-0.05, 0) is 13.8 Å². The molecule has 3 heteroatoms. The third-order valence-electron chi connectivity index (χ3n) is 0.974. The van der Waals surface area contributed by atoms with Gasteiger partial charge in [0.1, 0.15) is 5.54 Å². The molecule has 0 amide bonds. The maximum absolute atomic E-state index is 10.2. The standard InChI is InChI=1S/C6H11NO2/c1-3-4-6(2,7)5(8)9/h3-4H,7H2,1-2H3,(H,8,9)/b4-3+. The van der Waals surface area contributed by atoms with Gasteiger partial charge in [0.2, 0.25) is 0 Å². The Labute approximate surface area is 54.2 Å². The number of nitrogens with two attached hydrogens (primary N) is 1. The van der Waals surface area contributed by atoms with Gasteiger partial charge in [-0.15, -0.1) is 0 Å². The summed E-state index contributed by atoms with van der Waals surface area (Å²) in [5, 5.41) is 8.40. The van der Waals surface area contributed by atoms with E-state index in [2.05, 4.69) is 0 Å². The molecule has 0 aliphatic carbocycles. The molecule has 0 spiro atoms. The van der Waals surface area contributed by atoms with E-state index in [0.29, 0.717) is 0 Å². The van der Waals surface area contributed by atoms with Gasteiger partial charge in [-0.25, -0.2) is 4.79 Å². The Morgan fingerprint density at radius 3 is 2.33 bits per heavy atom. The van der Waals surface area contributed by atoms with E-state index in [1.54, 1.807) is 13.0 Å². The van der Waals surface area contributed by atoms with Crippen molar-refractivity contribution in [3.63, 3.8) is 0 Å². The van der Waals surface area contributed by atoms with Gasteiger partial charge < -0.3 is 10.8 Å². The van der Waals surface area contributed by atoms with Crippen LogP contribution in [-0.2, 0) is 4.79 Å². The smallest absolute Gasteiger partial charge is 0.327 e. The van der Waals surface area contributed by atoms with E-state index >= 15 is 0 Å². The Morgan fingerprint density at radius 2 is 2.22 bits per heavy atom. The van der Waals surface area contributed by atoms with Crippen molar-refractivity contribution in [2.45, 2.75) is 19.4 Å². The second kappa shape index (κ2) is 2.64. The molecule has 0 rings (SSSR count). The zero-order valence-electron chi connectivity index (χ0n) is 5.59. The summed E-state index contributed by atoms with van der Waals surface area (Å²) in [6.07, 6.45) is 3.06. The van der Waals surface area contributed by atoms with E-state index in [4.69, 9.17) is 10.8 Å². The zero-order chi connectivity index (χ0) is 7.49. The highest BCUT2D eigenvalue weighted by molar-refractivity contribution is 5.80. The fourth-order valence-corrected chi connectivity index (χ4v) is 0.418. The van der Waals surface area contributed by atoms with Crippen molar-refractivity contribution in [1.29, 1.82) is 0 Å². The van der Waals surface area contributed by atoms with Gasteiger partial charge in [0.15, 0.2) is 0 Å². The van der Waals surface area contributed by atoms with Crippen molar-refractivity contribution in [1.82, 2.24) is 0 Å². The molecule has 9 heavy (non-hydrogen) atoms. The molecular weight excluding hydrogens is 118 g/mol. The zero-order valence-corrected chi connectivity index (χ0v) is 5.59. The summed E-state index contributed by atoms with van der Waals surface area (Å²) in [4.78, 5) is 10.2. The van der Waals surface area contributed by atoms with Gasteiger partial charge in [-0.3, -0.25) is 0 Å². The summed E-state index contributed by atoms with van der Waals surface area (Å²) in [7, 11) is 0. The Kier molecular flexibility index (Phi) is 2.40. The first kappa shape index (κ1) is 8.17. The molecule has 3 nitrogen and oxygen atoms in total. The fourth-order valence-electron chi connectivity index (χ4n) is 0.418. The Balaban J connectivity index is 4.19. The molecule has 0 aromatic heterocycles. The van der Waals surface area contributed by atoms with E-state index < -0.39 is 11.5 Å². The number of aliphatic carboxylic acids is 1. The van der Waals surface area contributed by atoms with Gasteiger partial charge >= 0.3 is 5.97 Å². The second-order valence-electron chi connectivity index (χ2n) is 2.09. The molecule has 3 N–H and O–H groups in total. The number of allylic oxidation sites excluding steroid dienone is 1. The fraction of sp³-hybridized carbons (Fsp3) is 0.500. The van der Waals surface area contributed by atoms with E-state index in [1.807, 2.05) is 0 Å². The van der Waals surface area contributed by atoms with Crippen LogP contribution in [0.25, 0.3) is 0 Å². The van der Waals surface area contributed by atoms with Crippen LogP contribution in [0.5, 0.6) is 0 Å². The van der Waals surface area contributed by atoms with Crippen LogP contribution >= 0.6 is 0 Å². The third kappa shape index (κ3) is 2.28. The van der Waals surface area contributed by atoms with Crippen molar-refractivity contribution in [3.8, 4) is 0 Å². The molecule has 1 atom stereocenters. The van der Waals surface area contributed by atoms with Crippen LogP contribution in [0.3, 0.4) is 0 Å². The lowest BCUT2D eigenvalue weighted by Crippen LogP contribution is -2.42. The molecule has 0 heterocycles. The normalized spacial score (nSPS) is 17.7. The van der Waals surface area contributed by atoms with Crippen molar-refractivity contribution in [2.24, 2.45) is 5.73 Å². The van der Waals surface area contributed by atoms with Gasteiger partial charge in [0.25, 0.3) is 0 Å². The van der Waals surface area contributed by atoms with Crippen LogP contribution in [0.4, 0.5) is 0 Å². The van der Waals surface area contributed by atoms with Crippen LogP contribution in [-0.4, -0.2) is 16.6 Å². The molecular formula is C6H11NO2. The van der Waals surface area contributed by atoms with Gasteiger partial charge in [-0.1, -0.05) is 12.2 Å². The van der Waals surface area contributed by atoms with E-state index in [1.165, 1.54) is 13.0 Å². The molecule has 0 fully saturated rings. The van der Waals surface area contributed by atoms with Gasteiger partial charge in [0, 0.05) is 0 Å². The highest BCUT2D eigenvalue weighted by Crippen LogP contribution is 1.99. The SMILES string of the molecule is C/C=C/C(C)(N)C(=O)O. The average Bonchev–Trinajstić information content (AvgIpc) is 1.65. The highest BCUT2D eigenvalue weighted by Gasteiger charge is 2.22. The molecule has 0 bridgehead atoms. The molecule has 0 aliphatic rings. The predicted molar refractivity (Wildman–Crippen MR) is 35.0 cm³/mol. The minimum absolute atomic E-state index is 1.01. The summed E-state index contributed by atoms with van der Waals surface area (Å²) in [6.45, 7) is 3.17. The summed E-state index contributed by atoms with van der Waals surface area (Å²) in [5.74, 6) is -1.01. The highest BCUT2D eigenvalue weighted by atomic mass is 16.4. The lowest BCUT2D eigenvalue weighted by molar-refractivity contribution is -0.140. The second-order valence-corrected chi connectivity index (χ2v) is 2.09. The number of hydrogen-bond donors (Lipinski definition) is 2. The first-order valence-electron chi connectivity index (χ1n) is 2.67. The van der Waals surface area contributed by atoms with Crippen molar-refractivity contribution >= 4 is 5.97 Å². The molecule has 0 aromatic carbocycles. The first-order valence-corrected chi connectivity index (χ1v) is 2.67. The number of carboxylic acid groups (broad SMARTS) is 1. The summed E-state index contributed by atoms with van der Waals surface area (Å²) in [5.41, 5.74) is 4.07. The monoisotopic (exact) mass is 129 g/mol. The quantitative estimate of drug-likeness (QED) is 0.529. The summed E-state index contributed by atoms with van der Waals surface area (Å²) in [6, 6.07) is 0. The molecule has 52 valence electrons. The number of carbonyl (C=O) groups is 1. The van der Waals surface area contributed by atoms with E-state index in [0.717, 1.165) is 0 Å².